The Hall–Kier alpha value is -2.37. The maximum absolute atomic E-state index is 11.9. The first-order valence-electron chi connectivity index (χ1n) is 11.6. The number of benzene rings is 3. The lowest BCUT2D eigenvalue weighted by Gasteiger charge is -2.32. The number of halogens is 1. The predicted molar refractivity (Wildman–Crippen MR) is 135 cm³/mol. The quantitative estimate of drug-likeness (QED) is 0.521. The van der Waals surface area contributed by atoms with Crippen LogP contribution in [0.5, 0.6) is 5.75 Å². The van der Waals surface area contributed by atoms with E-state index in [0.29, 0.717) is 18.1 Å². The molecule has 1 N–H and O–H groups in total. The summed E-state index contributed by atoms with van der Waals surface area (Å²) in [7, 11) is 2.17. The summed E-state index contributed by atoms with van der Waals surface area (Å²) in [6.45, 7) is 8.05. The van der Waals surface area contributed by atoms with Crippen molar-refractivity contribution in [1.82, 2.24) is 9.80 Å². The Bertz CT molecular complexity index is 1010. The average Bonchev–Trinajstić information content (AvgIpc) is 2.82. The van der Waals surface area contributed by atoms with Crippen LogP contribution in [0.3, 0.4) is 0 Å². The van der Waals surface area contributed by atoms with Gasteiger partial charge in [-0.25, -0.2) is 0 Å². The van der Waals surface area contributed by atoms with Gasteiger partial charge in [0.15, 0.2) is 0 Å². The second kappa shape index (κ2) is 10.7. The van der Waals surface area contributed by atoms with Crippen molar-refractivity contribution in [1.29, 1.82) is 0 Å². The maximum atomic E-state index is 11.9. The highest BCUT2D eigenvalue weighted by Gasteiger charge is 2.32. The normalized spacial score (nSPS) is 17.0. The Morgan fingerprint density at radius 2 is 1.42 bits per heavy atom. The van der Waals surface area contributed by atoms with Crippen molar-refractivity contribution in [2.24, 2.45) is 0 Å². The second-order valence-corrected chi connectivity index (χ2v) is 9.48. The fourth-order valence-electron chi connectivity index (χ4n) is 4.29. The number of nitrogens with zero attached hydrogens (tertiary/aromatic N) is 2. The van der Waals surface area contributed by atoms with Crippen molar-refractivity contribution < 1.29 is 9.84 Å². The van der Waals surface area contributed by atoms with Gasteiger partial charge in [-0.15, -0.1) is 0 Å². The Balaban J connectivity index is 1.48. The molecule has 4 nitrogen and oxygen atoms in total. The van der Waals surface area contributed by atoms with Gasteiger partial charge in [0.2, 0.25) is 0 Å². The van der Waals surface area contributed by atoms with Crippen LogP contribution in [0.1, 0.15) is 22.3 Å². The van der Waals surface area contributed by atoms with Crippen LogP contribution in [-0.4, -0.2) is 61.3 Å². The maximum Gasteiger partial charge on any atom is 0.119 e. The molecule has 3 aromatic rings. The van der Waals surface area contributed by atoms with Gasteiger partial charge in [-0.2, -0.15) is 0 Å². The van der Waals surface area contributed by atoms with Gasteiger partial charge in [-0.05, 0) is 54.9 Å². The highest BCUT2D eigenvalue weighted by molar-refractivity contribution is 6.30. The van der Waals surface area contributed by atoms with Crippen LogP contribution in [0, 0.1) is 6.92 Å². The zero-order valence-electron chi connectivity index (χ0n) is 19.5. The molecule has 3 aromatic carbocycles. The summed E-state index contributed by atoms with van der Waals surface area (Å²) < 4.78 is 6.00. The molecule has 0 bridgehead atoms. The summed E-state index contributed by atoms with van der Waals surface area (Å²) in [6.07, 6.45) is 0.455. The van der Waals surface area contributed by atoms with Gasteiger partial charge in [0.05, 0.1) is 0 Å². The lowest BCUT2D eigenvalue weighted by Crippen LogP contribution is -2.45. The molecule has 1 aliphatic heterocycles. The molecule has 4 rings (SSSR count). The molecule has 33 heavy (non-hydrogen) atoms. The highest BCUT2D eigenvalue weighted by atomic mass is 35.5. The Morgan fingerprint density at radius 3 is 2.03 bits per heavy atom. The summed E-state index contributed by atoms with van der Waals surface area (Å²) in [5, 5.41) is 12.6. The molecular weight excluding hydrogens is 432 g/mol. The van der Waals surface area contributed by atoms with E-state index in [1.807, 2.05) is 72.8 Å². The lowest BCUT2D eigenvalue weighted by atomic mass is 9.81. The average molecular weight is 465 g/mol. The fraction of sp³-hybridized carbons (Fsp3) is 0.357. The Labute approximate surface area is 202 Å². The number of piperazine rings is 1. The third-order valence-corrected chi connectivity index (χ3v) is 6.76. The van der Waals surface area contributed by atoms with Gasteiger partial charge in [-0.3, -0.25) is 4.90 Å². The number of ether oxygens (including phenoxy) is 1. The molecule has 0 aliphatic carbocycles. The molecule has 5 heteroatoms. The fourth-order valence-corrected chi connectivity index (χ4v) is 4.41. The molecule has 0 amide bonds. The molecular formula is C28H33ClN2O2. The minimum absolute atomic E-state index is 0.455. The van der Waals surface area contributed by atoms with Gasteiger partial charge >= 0.3 is 0 Å². The third-order valence-electron chi connectivity index (χ3n) is 6.51. The van der Waals surface area contributed by atoms with Crippen LogP contribution < -0.4 is 4.74 Å². The molecule has 1 aliphatic rings. The summed E-state index contributed by atoms with van der Waals surface area (Å²) in [5.74, 6) is 0.825. The SMILES string of the molecule is Cc1ccc(C(O)(Cc2ccc(Cl)cc2)c2ccc(OCCN3CCN(C)CC3)cc2)cc1. The number of hydrogen-bond donors (Lipinski definition) is 1. The lowest BCUT2D eigenvalue weighted by molar-refractivity contribution is 0.0810. The van der Waals surface area contributed by atoms with Crippen LogP contribution in [0.15, 0.2) is 72.8 Å². The van der Waals surface area contributed by atoms with E-state index in [-0.39, 0.29) is 0 Å². The molecule has 0 spiro atoms. The molecule has 0 aromatic heterocycles. The number of hydrogen-bond acceptors (Lipinski definition) is 4. The molecule has 1 heterocycles. The van der Waals surface area contributed by atoms with E-state index in [1.165, 1.54) is 0 Å². The van der Waals surface area contributed by atoms with Crippen molar-refractivity contribution in [3.63, 3.8) is 0 Å². The summed E-state index contributed by atoms with van der Waals surface area (Å²) in [5.41, 5.74) is 2.74. The summed E-state index contributed by atoms with van der Waals surface area (Å²) in [4.78, 5) is 4.80. The topological polar surface area (TPSA) is 35.9 Å². The van der Waals surface area contributed by atoms with Crippen molar-refractivity contribution in [2.45, 2.75) is 18.9 Å². The van der Waals surface area contributed by atoms with E-state index in [0.717, 1.165) is 60.7 Å². The van der Waals surface area contributed by atoms with E-state index < -0.39 is 5.60 Å². The molecule has 1 fully saturated rings. The molecule has 1 unspecified atom stereocenters. The Morgan fingerprint density at radius 1 is 0.848 bits per heavy atom. The van der Waals surface area contributed by atoms with Gasteiger partial charge in [-0.1, -0.05) is 65.7 Å². The van der Waals surface area contributed by atoms with Crippen LogP contribution in [0.4, 0.5) is 0 Å². The van der Waals surface area contributed by atoms with Crippen molar-refractivity contribution >= 4 is 11.6 Å². The van der Waals surface area contributed by atoms with Crippen molar-refractivity contribution in [3.05, 3.63) is 100 Å². The standard InChI is InChI=1S/C28H33ClN2O2/c1-22-3-7-24(8-4-22)28(32,21-23-5-11-26(29)12-6-23)25-9-13-27(14-10-25)33-20-19-31-17-15-30(2)16-18-31/h3-14,32H,15-21H2,1-2H3. The van der Waals surface area contributed by atoms with Gasteiger partial charge in [0.25, 0.3) is 0 Å². The van der Waals surface area contributed by atoms with Gasteiger partial charge in [0, 0.05) is 44.2 Å². The van der Waals surface area contributed by atoms with E-state index in [2.05, 4.69) is 23.8 Å². The number of rotatable bonds is 8. The number of aliphatic hydroxyl groups is 1. The minimum atomic E-state index is -1.15. The molecule has 174 valence electrons. The van der Waals surface area contributed by atoms with Crippen LogP contribution >= 0.6 is 11.6 Å². The van der Waals surface area contributed by atoms with E-state index >= 15 is 0 Å². The molecule has 0 radical (unpaired) electrons. The van der Waals surface area contributed by atoms with Crippen LogP contribution in [-0.2, 0) is 12.0 Å². The van der Waals surface area contributed by atoms with Crippen molar-refractivity contribution in [3.8, 4) is 5.75 Å². The summed E-state index contributed by atoms with van der Waals surface area (Å²) in [6, 6.07) is 23.6. The first-order chi connectivity index (χ1) is 15.9. The summed E-state index contributed by atoms with van der Waals surface area (Å²) >= 11 is 6.07. The molecule has 1 saturated heterocycles. The van der Waals surface area contributed by atoms with Gasteiger partial charge in [0.1, 0.15) is 18.0 Å². The monoisotopic (exact) mass is 464 g/mol. The predicted octanol–water partition coefficient (Wildman–Crippen LogP) is 4.75. The van der Waals surface area contributed by atoms with Crippen LogP contribution in [0.25, 0.3) is 0 Å². The van der Waals surface area contributed by atoms with E-state index in [1.54, 1.807) is 0 Å². The van der Waals surface area contributed by atoms with E-state index in [9.17, 15) is 5.11 Å². The zero-order chi connectivity index (χ0) is 23.3. The molecule has 0 saturated carbocycles. The third kappa shape index (κ3) is 6.15. The van der Waals surface area contributed by atoms with Crippen LogP contribution in [0.2, 0.25) is 5.02 Å². The number of likely N-dealkylation sites (N-methyl/N-ethyl adjacent to an activating group) is 1. The minimum Gasteiger partial charge on any atom is -0.492 e. The first-order valence-corrected chi connectivity index (χ1v) is 12.0. The first kappa shape index (κ1) is 23.8. The Kier molecular flexibility index (Phi) is 7.71. The smallest absolute Gasteiger partial charge is 0.119 e. The largest absolute Gasteiger partial charge is 0.492 e. The zero-order valence-corrected chi connectivity index (χ0v) is 20.3. The van der Waals surface area contributed by atoms with Crippen molar-refractivity contribution in [2.75, 3.05) is 46.4 Å². The van der Waals surface area contributed by atoms with Gasteiger partial charge < -0.3 is 14.7 Å². The van der Waals surface area contributed by atoms with E-state index in [4.69, 9.17) is 16.3 Å². The second-order valence-electron chi connectivity index (χ2n) is 9.05. The number of aryl methyl sites for hydroxylation is 1. The highest BCUT2D eigenvalue weighted by Crippen LogP contribution is 2.34. The molecule has 1 atom stereocenters.